The molecule has 4 nitrogen and oxygen atoms in total. The number of hydrogen-bond acceptors (Lipinski definition) is 4. The molecule has 0 radical (unpaired) electrons. The Morgan fingerprint density at radius 2 is 1.30 bits per heavy atom. The molecule has 0 fully saturated rings. The van der Waals surface area contributed by atoms with Crippen molar-refractivity contribution in [3.8, 4) is 0 Å². The molecule has 5 heteroatoms. The van der Waals surface area contributed by atoms with E-state index in [1.54, 1.807) is 0 Å². The summed E-state index contributed by atoms with van der Waals surface area (Å²) in [6, 6.07) is 0. The number of unbranched alkanes of at least 4 members (excludes halogenated alkanes) is 11. The number of rotatable bonds is 21. The van der Waals surface area contributed by atoms with Crippen LogP contribution in [-0.2, 0) is 19.1 Å². The summed E-state index contributed by atoms with van der Waals surface area (Å²) in [4.78, 5) is 23.4. The Kier molecular flexibility index (Phi) is 22.6. The van der Waals surface area contributed by atoms with Crippen LogP contribution >= 0.6 is 22.6 Å². The first kappa shape index (κ1) is 29.4. The predicted octanol–water partition coefficient (Wildman–Crippen LogP) is 7.71. The predicted molar refractivity (Wildman–Crippen MR) is 134 cm³/mol. The van der Waals surface area contributed by atoms with Gasteiger partial charge in [-0.05, 0) is 38.5 Å². The van der Waals surface area contributed by atoms with Gasteiger partial charge in [-0.3, -0.25) is 9.59 Å². The van der Waals surface area contributed by atoms with E-state index in [9.17, 15) is 9.59 Å². The van der Waals surface area contributed by atoms with Crippen LogP contribution in [0, 0.1) is 0 Å². The van der Waals surface area contributed by atoms with E-state index in [1.807, 2.05) is 6.92 Å². The van der Waals surface area contributed by atoms with E-state index in [-0.39, 0.29) is 24.6 Å². The lowest BCUT2D eigenvalue weighted by Crippen LogP contribution is -2.26. The fourth-order valence-corrected chi connectivity index (χ4v) is 3.59. The normalized spacial score (nSPS) is 12.2. The number of esters is 2. The summed E-state index contributed by atoms with van der Waals surface area (Å²) in [6.45, 7) is 4.36. The lowest BCUT2D eigenvalue weighted by Gasteiger charge is -2.15. The molecule has 0 heterocycles. The van der Waals surface area contributed by atoms with E-state index in [4.69, 9.17) is 9.47 Å². The van der Waals surface area contributed by atoms with Crippen molar-refractivity contribution < 1.29 is 19.1 Å². The van der Waals surface area contributed by atoms with Crippen LogP contribution in [0.25, 0.3) is 0 Å². The molecule has 0 unspecified atom stereocenters. The molecule has 0 rings (SSSR count). The highest BCUT2D eigenvalue weighted by Gasteiger charge is 2.15. The third-order valence-corrected chi connectivity index (χ3v) is 5.98. The summed E-state index contributed by atoms with van der Waals surface area (Å²) in [7, 11) is 0. The second-order valence-corrected chi connectivity index (χ2v) is 8.91. The second-order valence-electron chi connectivity index (χ2n) is 8.03. The Hall–Kier alpha value is -0.590. The zero-order valence-electron chi connectivity index (χ0n) is 19.5. The van der Waals surface area contributed by atoms with Crippen molar-refractivity contribution in [2.45, 2.75) is 123 Å². The number of hydrogen-bond donors (Lipinski definition) is 0. The summed E-state index contributed by atoms with van der Waals surface area (Å²) in [5.41, 5.74) is 0. The maximum absolute atomic E-state index is 11.9. The van der Waals surface area contributed by atoms with Crippen molar-refractivity contribution in [1.29, 1.82) is 0 Å². The maximum atomic E-state index is 11.9. The minimum absolute atomic E-state index is 0.167. The molecule has 0 amide bonds. The molecule has 0 aliphatic rings. The number of alkyl halides is 1. The largest absolute Gasteiger partial charge is 0.462 e. The first-order valence-electron chi connectivity index (χ1n) is 12.2. The Morgan fingerprint density at radius 1 is 0.733 bits per heavy atom. The monoisotopic (exact) mass is 536 g/mol. The molecule has 0 aromatic rings. The standard InChI is InChI=1S/C25H45IO4/c1-3-5-6-7-8-9-10-11-12-13-14-15-16-17-18-20-25(28)30-23(21-26)22-29-24(27)19-4-2/h11-12,23H,3-10,13-22H2,1-2H3/b12-11-/t23-/m1/s1. The number of ether oxygens (including phenoxy) is 2. The zero-order valence-corrected chi connectivity index (χ0v) is 21.6. The molecule has 0 N–H and O–H groups in total. The Morgan fingerprint density at radius 3 is 1.87 bits per heavy atom. The first-order chi connectivity index (χ1) is 14.6. The van der Waals surface area contributed by atoms with E-state index < -0.39 is 0 Å². The van der Waals surface area contributed by atoms with Gasteiger partial charge in [0.2, 0.25) is 0 Å². The van der Waals surface area contributed by atoms with Crippen molar-refractivity contribution in [3.05, 3.63) is 12.2 Å². The average molecular weight is 537 g/mol. The summed E-state index contributed by atoms with van der Waals surface area (Å²) < 4.78 is 11.2. The quantitative estimate of drug-likeness (QED) is 0.0496. The van der Waals surface area contributed by atoms with E-state index in [2.05, 4.69) is 41.7 Å². The molecule has 0 aromatic carbocycles. The van der Waals surface area contributed by atoms with Gasteiger partial charge in [-0.15, -0.1) is 0 Å². The topological polar surface area (TPSA) is 52.6 Å². The van der Waals surface area contributed by atoms with Gasteiger partial charge in [0.15, 0.2) is 0 Å². The molecule has 0 aliphatic heterocycles. The van der Waals surface area contributed by atoms with Crippen LogP contribution in [0.5, 0.6) is 0 Å². The SMILES string of the molecule is CCCCCCCC/C=C\CCCCCCCC(=O)O[C@H](CI)COC(=O)CCC. The van der Waals surface area contributed by atoms with Gasteiger partial charge in [0.1, 0.15) is 12.7 Å². The molecule has 0 spiro atoms. The lowest BCUT2D eigenvalue weighted by molar-refractivity contribution is -0.157. The fraction of sp³-hybridized carbons (Fsp3) is 0.840. The van der Waals surface area contributed by atoms with Crippen molar-refractivity contribution in [3.63, 3.8) is 0 Å². The molecular weight excluding hydrogens is 491 g/mol. The molecule has 0 bridgehead atoms. The van der Waals surface area contributed by atoms with Crippen molar-refractivity contribution in [2.75, 3.05) is 11.0 Å². The van der Waals surface area contributed by atoms with E-state index in [0.29, 0.717) is 17.3 Å². The van der Waals surface area contributed by atoms with Crippen LogP contribution < -0.4 is 0 Å². The number of carbonyl (C=O) groups excluding carboxylic acids is 2. The third kappa shape index (κ3) is 20.7. The Bertz CT molecular complexity index is 437. The van der Waals surface area contributed by atoms with E-state index in [0.717, 1.165) is 19.3 Å². The van der Waals surface area contributed by atoms with Crippen LogP contribution in [0.4, 0.5) is 0 Å². The summed E-state index contributed by atoms with van der Waals surface area (Å²) in [5.74, 6) is -0.401. The first-order valence-corrected chi connectivity index (χ1v) is 13.7. The van der Waals surface area contributed by atoms with Crippen LogP contribution in [0.15, 0.2) is 12.2 Å². The van der Waals surface area contributed by atoms with Gasteiger partial charge in [-0.25, -0.2) is 0 Å². The molecule has 1 atom stereocenters. The van der Waals surface area contributed by atoms with E-state index >= 15 is 0 Å². The van der Waals surface area contributed by atoms with Gasteiger partial charge in [0, 0.05) is 17.3 Å². The Balaban J connectivity index is 3.50. The molecule has 176 valence electrons. The van der Waals surface area contributed by atoms with Crippen molar-refractivity contribution in [2.24, 2.45) is 0 Å². The molecule has 0 saturated carbocycles. The zero-order chi connectivity index (χ0) is 22.3. The Labute approximate surface area is 199 Å². The smallest absolute Gasteiger partial charge is 0.306 e. The molecule has 0 saturated heterocycles. The second kappa shape index (κ2) is 23.1. The van der Waals surface area contributed by atoms with Gasteiger partial charge in [0.05, 0.1) is 0 Å². The highest BCUT2D eigenvalue weighted by atomic mass is 127. The number of halogens is 1. The van der Waals surface area contributed by atoms with Gasteiger partial charge in [-0.1, -0.05) is 100.0 Å². The van der Waals surface area contributed by atoms with Crippen LogP contribution in [-0.4, -0.2) is 29.1 Å². The van der Waals surface area contributed by atoms with Gasteiger partial charge in [-0.2, -0.15) is 0 Å². The van der Waals surface area contributed by atoms with Crippen molar-refractivity contribution in [1.82, 2.24) is 0 Å². The van der Waals surface area contributed by atoms with Gasteiger partial charge >= 0.3 is 11.9 Å². The minimum Gasteiger partial charge on any atom is -0.462 e. The van der Waals surface area contributed by atoms with Gasteiger partial charge in [0.25, 0.3) is 0 Å². The number of allylic oxidation sites excluding steroid dienone is 2. The van der Waals surface area contributed by atoms with E-state index in [1.165, 1.54) is 70.6 Å². The molecule has 30 heavy (non-hydrogen) atoms. The number of carbonyl (C=O) groups is 2. The highest BCUT2D eigenvalue weighted by molar-refractivity contribution is 14.1. The third-order valence-electron chi connectivity index (χ3n) is 5.00. The van der Waals surface area contributed by atoms with Crippen LogP contribution in [0.1, 0.15) is 117 Å². The molecule has 0 aromatic heterocycles. The highest BCUT2D eigenvalue weighted by Crippen LogP contribution is 2.11. The van der Waals surface area contributed by atoms with Gasteiger partial charge < -0.3 is 9.47 Å². The summed E-state index contributed by atoms with van der Waals surface area (Å²) in [6.07, 6.45) is 22.1. The summed E-state index contributed by atoms with van der Waals surface area (Å²) in [5, 5.41) is 0. The van der Waals surface area contributed by atoms with Crippen molar-refractivity contribution >= 4 is 34.5 Å². The molecule has 0 aliphatic carbocycles. The average Bonchev–Trinajstić information content (AvgIpc) is 2.74. The lowest BCUT2D eigenvalue weighted by atomic mass is 10.1. The fourth-order valence-electron chi connectivity index (χ4n) is 3.16. The maximum Gasteiger partial charge on any atom is 0.306 e. The summed E-state index contributed by atoms with van der Waals surface area (Å²) >= 11 is 2.16. The minimum atomic E-state index is -0.331. The van der Waals surface area contributed by atoms with Crippen LogP contribution in [0.3, 0.4) is 0 Å². The van der Waals surface area contributed by atoms with Crippen LogP contribution in [0.2, 0.25) is 0 Å². The molecular formula is C25H45IO4.